The van der Waals surface area contributed by atoms with Gasteiger partial charge < -0.3 is 21.1 Å². The third kappa shape index (κ3) is 9.46. The molecular formula is C33H32ClF3N6O5S. The van der Waals surface area contributed by atoms with Gasteiger partial charge in [-0.15, -0.1) is 0 Å². The third-order valence-electron chi connectivity index (χ3n) is 7.92. The van der Waals surface area contributed by atoms with E-state index in [9.17, 15) is 26.4 Å². The van der Waals surface area contributed by atoms with Gasteiger partial charge in [0, 0.05) is 36.6 Å². The summed E-state index contributed by atoms with van der Waals surface area (Å²) in [6.07, 6.45) is -0.426. The summed E-state index contributed by atoms with van der Waals surface area (Å²) >= 11 is 6.38. The maximum absolute atomic E-state index is 13.2. The zero-order valence-corrected chi connectivity index (χ0v) is 27.4. The average molecular weight is 717 g/mol. The van der Waals surface area contributed by atoms with E-state index < -0.39 is 22.2 Å². The summed E-state index contributed by atoms with van der Waals surface area (Å²) in [5.41, 5.74) is 4.56. The number of rotatable bonds is 5. The molecule has 11 nitrogen and oxygen atoms in total. The second-order valence-corrected chi connectivity index (χ2v) is 13.8. The van der Waals surface area contributed by atoms with E-state index in [1.165, 1.54) is 4.31 Å². The molecule has 1 fully saturated rings. The number of carbonyl (C=O) groups excluding carboxylic acids is 1. The smallest absolute Gasteiger partial charge is 0.475 e. The summed E-state index contributed by atoms with van der Waals surface area (Å²) in [6, 6.07) is 22.4. The summed E-state index contributed by atoms with van der Waals surface area (Å²) in [7, 11) is -3.52. The van der Waals surface area contributed by atoms with Crippen LogP contribution in [0, 0.1) is 5.92 Å². The first-order chi connectivity index (χ1) is 23.3. The number of amides is 1. The summed E-state index contributed by atoms with van der Waals surface area (Å²) in [4.78, 5) is 31.2. The number of sulfonamides is 1. The van der Waals surface area contributed by atoms with Gasteiger partial charge in [-0.25, -0.2) is 18.2 Å². The molecule has 2 aliphatic rings. The molecule has 1 saturated heterocycles. The van der Waals surface area contributed by atoms with Crippen LogP contribution < -0.4 is 16.0 Å². The molecule has 4 N–H and O–H groups in total. The van der Waals surface area contributed by atoms with Crippen molar-refractivity contribution in [2.45, 2.75) is 43.2 Å². The fourth-order valence-corrected chi connectivity index (χ4v) is 7.05. The van der Waals surface area contributed by atoms with Crippen LogP contribution in [0.3, 0.4) is 0 Å². The minimum atomic E-state index is -5.08. The fraction of sp³-hybridized carbons (Fsp3) is 0.273. The number of aromatic nitrogens is 2. The number of carbonyl (C=O) groups is 2. The number of aliphatic carboxylic acids is 1. The lowest BCUT2D eigenvalue weighted by Gasteiger charge is -2.31. The molecule has 6 rings (SSSR count). The molecule has 6 bridgehead atoms. The number of benzene rings is 3. The molecule has 49 heavy (non-hydrogen) atoms. The maximum atomic E-state index is 13.2. The van der Waals surface area contributed by atoms with E-state index in [2.05, 4.69) is 38.1 Å². The van der Waals surface area contributed by atoms with E-state index >= 15 is 0 Å². The summed E-state index contributed by atoms with van der Waals surface area (Å²) in [5, 5.41) is 17.2. The highest BCUT2D eigenvalue weighted by Gasteiger charge is 2.38. The molecule has 3 heterocycles. The highest BCUT2D eigenvalue weighted by molar-refractivity contribution is 7.89. The van der Waals surface area contributed by atoms with Crippen molar-refractivity contribution in [3.63, 3.8) is 0 Å². The van der Waals surface area contributed by atoms with Crippen molar-refractivity contribution in [3.8, 4) is 0 Å². The van der Waals surface area contributed by atoms with Gasteiger partial charge in [0.15, 0.2) is 5.82 Å². The van der Waals surface area contributed by atoms with E-state index in [1.54, 1.807) is 36.5 Å². The summed E-state index contributed by atoms with van der Waals surface area (Å²) in [6.45, 7) is 0.810. The number of carboxylic acid groups (broad SMARTS) is 1. The lowest BCUT2D eigenvalue weighted by Crippen LogP contribution is -2.39. The minimum Gasteiger partial charge on any atom is -0.475 e. The van der Waals surface area contributed by atoms with E-state index in [0.717, 1.165) is 34.6 Å². The van der Waals surface area contributed by atoms with Gasteiger partial charge in [-0.3, -0.25) is 4.79 Å². The van der Waals surface area contributed by atoms with Crippen molar-refractivity contribution in [1.82, 2.24) is 14.3 Å². The molecule has 0 spiro atoms. The Balaban J connectivity index is 0.000000606. The van der Waals surface area contributed by atoms with Crippen LogP contribution in [0.1, 0.15) is 30.4 Å². The summed E-state index contributed by atoms with van der Waals surface area (Å²) in [5.74, 6) is -1.80. The van der Waals surface area contributed by atoms with Gasteiger partial charge in [-0.2, -0.15) is 22.5 Å². The highest BCUT2D eigenvalue weighted by atomic mass is 35.5. The van der Waals surface area contributed by atoms with Gasteiger partial charge in [0.2, 0.25) is 21.9 Å². The van der Waals surface area contributed by atoms with Crippen molar-refractivity contribution in [1.29, 1.82) is 0 Å². The van der Waals surface area contributed by atoms with E-state index in [1.807, 2.05) is 30.3 Å². The van der Waals surface area contributed by atoms with Crippen molar-refractivity contribution in [2.24, 2.45) is 5.92 Å². The molecule has 0 aliphatic carbocycles. The number of anilines is 5. The zero-order chi connectivity index (χ0) is 35.2. The first-order valence-corrected chi connectivity index (χ1v) is 17.0. The molecule has 258 valence electrons. The van der Waals surface area contributed by atoms with Crippen LogP contribution in [-0.2, 0) is 32.5 Å². The first-order valence-electron chi connectivity index (χ1n) is 15.2. The Kier molecular flexibility index (Phi) is 11.1. The standard InChI is InChI=1S/C31H31ClN6O3S.C2HF3O2/c32-27-20-33-31-35-24-6-4-5-21(17-24)9-10-23-19-25(34-30(27)37-31)11-12-28(23)36-29(39)18-22-13-15-38(16-14-22)42(40,41)26-7-2-1-3-8-26;3-2(4,5)1(6)7/h1-8,11-12,17,19-20,22H,9-10,13-16,18H2,(H,36,39)(H2,33,34,35,37);(H,6,7). The second-order valence-electron chi connectivity index (χ2n) is 11.4. The number of nitrogens with one attached hydrogen (secondary N) is 3. The van der Waals surface area contributed by atoms with Crippen molar-refractivity contribution >= 4 is 62.3 Å². The molecule has 3 aromatic carbocycles. The Bertz CT molecular complexity index is 1920. The molecule has 0 saturated carbocycles. The molecule has 2 aliphatic heterocycles. The lowest BCUT2D eigenvalue weighted by molar-refractivity contribution is -0.192. The van der Waals surface area contributed by atoms with Crippen molar-refractivity contribution < 1.29 is 36.3 Å². The Hall–Kier alpha value is -4.73. The SMILES string of the molecule is O=C(CC1CCN(S(=O)(=O)c2ccccc2)CC1)Nc1ccc2cc1CCc1cccc(c1)Nc1ncc(Cl)c(n1)N2.O=C(O)C(F)(F)F. The lowest BCUT2D eigenvalue weighted by atomic mass is 9.94. The molecule has 1 aromatic heterocycles. The van der Waals surface area contributed by atoms with E-state index in [4.69, 9.17) is 21.5 Å². The number of halogens is 4. The zero-order valence-electron chi connectivity index (χ0n) is 25.9. The second kappa shape index (κ2) is 15.2. The highest BCUT2D eigenvalue weighted by Crippen LogP contribution is 2.31. The number of alkyl halides is 3. The van der Waals surface area contributed by atoms with Crippen LogP contribution in [0.15, 0.2) is 83.9 Å². The molecule has 0 radical (unpaired) electrons. The Morgan fingerprint density at radius 1 is 0.959 bits per heavy atom. The number of piperidine rings is 1. The van der Waals surface area contributed by atoms with Crippen molar-refractivity contribution in [3.05, 3.63) is 95.1 Å². The van der Waals surface area contributed by atoms with E-state index in [-0.39, 0.29) is 11.8 Å². The Morgan fingerprint density at radius 2 is 1.65 bits per heavy atom. The topological polar surface area (TPSA) is 154 Å². The van der Waals surface area contributed by atoms with Gasteiger partial charge in [0.05, 0.1) is 11.1 Å². The molecule has 16 heteroatoms. The van der Waals surface area contributed by atoms with Gasteiger partial charge in [-0.1, -0.05) is 41.9 Å². The predicted molar refractivity (Wildman–Crippen MR) is 179 cm³/mol. The van der Waals surface area contributed by atoms with Crippen LogP contribution in [0.2, 0.25) is 5.02 Å². The first kappa shape index (κ1) is 35.6. The number of carboxylic acids is 1. The van der Waals surface area contributed by atoms with Crippen molar-refractivity contribution in [2.75, 3.05) is 29.0 Å². The molecule has 4 aromatic rings. The largest absolute Gasteiger partial charge is 0.490 e. The third-order valence-corrected chi connectivity index (χ3v) is 10.1. The molecule has 1 amide bonds. The molecular weight excluding hydrogens is 685 g/mol. The molecule has 0 atom stereocenters. The number of nitrogens with zero attached hydrogens (tertiary/aromatic N) is 3. The number of aryl methyl sites for hydroxylation is 2. The number of hydrogen-bond donors (Lipinski definition) is 4. The van der Waals surface area contributed by atoms with Gasteiger partial charge in [0.1, 0.15) is 5.02 Å². The Labute approximate surface area is 285 Å². The average Bonchev–Trinajstić information content (AvgIpc) is 3.07. The molecule has 0 unspecified atom stereocenters. The number of hydrogen-bond acceptors (Lipinski definition) is 8. The van der Waals surface area contributed by atoms with Crippen LogP contribution >= 0.6 is 11.6 Å². The quantitative estimate of drug-likeness (QED) is 0.175. The normalized spacial score (nSPS) is 15.1. The maximum Gasteiger partial charge on any atom is 0.490 e. The van der Waals surface area contributed by atoms with E-state index in [0.29, 0.717) is 60.5 Å². The Morgan fingerprint density at radius 3 is 2.35 bits per heavy atom. The minimum absolute atomic E-state index is 0.0751. The summed E-state index contributed by atoms with van der Waals surface area (Å²) < 4.78 is 59.2. The van der Waals surface area contributed by atoms with Crippen LogP contribution in [0.4, 0.5) is 42.0 Å². The number of fused-ring (bicyclic) bond motifs is 6. The predicted octanol–water partition coefficient (Wildman–Crippen LogP) is 6.78. The van der Waals surface area contributed by atoms with Gasteiger partial charge >= 0.3 is 12.1 Å². The van der Waals surface area contributed by atoms with Crippen LogP contribution in [0.5, 0.6) is 0 Å². The van der Waals surface area contributed by atoms with Gasteiger partial charge in [-0.05, 0) is 85.2 Å². The van der Waals surface area contributed by atoms with Crippen LogP contribution in [-0.4, -0.2) is 58.9 Å². The monoisotopic (exact) mass is 716 g/mol. The fourth-order valence-electron chi connectivity index (χ4n) is 5.42. The van der Waals surface area contributed by atoms with Gasteiger partial charge in [0.25, 0.3) is 0 Å². The van der Waals surface area contributed by atoms with Crippen LogP contribution in [0.25, 0.3) is 0 Å².